The minimum atomic E-state index is -0.358. The first-order valence-electron chi connectivity index (χ1n) is 6.35. The number of nitrogens with one attached hydrogen (secondary N) is 1. The lowest BCUT2D eigenvalue weighted by Gasteiger charge is -2.08. The van der Waals surface area contributed by atoms with Crippen LogP contribution in [0.1, 0.15) is 17.5 Å². The molecule has 0 saturated carbocycles. The zero-order chi connectivity index (χ0) is 14.5. The Balaban J connectivity index is 1.92. The number of hydrogen-bond donors (Lipinski definition) is 1. The van der Waals surface area contributed by atoms with Gasteiger partial charge in [-0.25, -0.2) is 4.39 Å². The van der Waals surface area contributed by atoms with Crippen molar-refractivity contribution in [2.75, 3.05) is 5.32 Å². The number of carbonyl (C=O) groups excluding carboxylic acids is 1. The largest absolute Gasteiger partial charge is 0.326 e. The molecule has 1 amide bonds. The lowest BCUT2D eigenvalue weighted by Crippen LogP contribution is -2.13. The molecule has 0 aliphatic carbocycles. The number of hydrogen-bond acceptors (Lipinski definition) is 1. The minimum absolute atomic E-state index is 0.131. The third-order valence-electron chi connectivity index (χ3n) is 3.03. The second kappa shape index (κ2) is 6.53. The van der Waals surface area contributed by atoms with E-state index in [1.165, 1.54) is 12.1 Å². The summed E-state index contributed by atoms with van der Waals surface area (Å²) in [5.74, 6) is -0.489. The molecule has 0 heterocycles. The molecule has 2 rings (SSSR count). The molecule has 0 spiro atoms. The van der Waals surface area contributed by atoms with Crippen LogP contribution in [0.25, 0.3) is 0 Å². The standard InChI is InChI=1S/C16H15ClFNO/c1-11-2-8-14(18)10-15(11)19-16(20)9-5-12-3-6-13(17)7-4-12/h2-4,6-8,10H,5,9H2,1H3,(H,19,20). The second-order valence-corrected chi connectivity index (χ2v) is 5.07. The van der Waals surface area contributed by atoms with Crippen molar-refractivity contribution in [1.82, 2.24) is 0 Å². The summed E-state index contributed by atoms with van der Waals surface area (Å²) in [5.41, 5.74) is 2.40. The highest BCUT2D eigenvalue weighted by atomic mass is 35.5. The molecule has 0 unspecified atom stereocenters. The molecule has 0 aromatic heterocycles. The van der Waals surface area contributed by atoms with Crippen molar-refractivity contribution < 1.29 is 9.18 Å². The Hall–Kier alpha value is -1.87. The van der Waals surface area contributed by atoms with Gasteiger partial charge in [0.1, 0.15) is 5.82 Å². The Kier molecular flexibility index (Phi) is 4.74. The summed E-state index contributed by atoms with van der Waals surface area (Å²) in [6.45, 7) is 1.83. The van der Waals surface area contributed by atoms with Gasteiger partial charge in [0.25, 0.3) is 0 Å². The number of carbonyl (C=O) groups is 1. The molecule has 0 atom stereocenters. The van der Waals surface area contributed by atoms with E-state index in [1.54, 1.807) is 18.2 Å². The fourth-order valence-corrected chi connectivity index (χ4v) is 1.98. The molecule has 0 fully saturated rings. The van der Waals surface area contributed by atoms with Crippen LogP contribution < -0.4 is 5.32 Å². The van der Waals surface area contributed by atoms with Gasteiger partial charge in [-0.3, -0.25) is 4.79 Å². The van der Waals surface area contributed by atoms with E-state index in [-0.39, 0.29) is 11.7 Å². The van der Waals surface area contributed by atoms with Gasteiger partial charge in [-0.05, 0) is 48.7 Å². The van der Waals surface area contributed by atoms with Gasteiger partial charge in [0, 0.05) is 17.1 Å². The molecule has 0 saturated heterocycles. The topological polar surface area (TPSA) is 29.1 Å². The van der Waals surface area contributed by atoms with E-state index < -0.39 is 0 Å². The molecule has 2 nitrogen and oxygen atoms in total. The molecule has 2 aromatic carbocycles. The van der Waals surface area contributed by atoms with E-state index in [0.717, 1.165) is 11.1 Å². The van der Waals surface area contributed by atoms with E-state index >= 15 is 0 Å². The number of halogens is 2. The molecule has 1 N–H and O–H groups in total. The van der Waals surface area contributed by atoms with E-state index in [2.05, 4.69) is 5.32 Å². The zero-order valence-corrected chi connectivity index (χ0v) is 11.9. The van der Waals surface area contributed by atoms with Crippen LogP contribution in [0, 0.1) is 12.7 Å². The van der Waals surface area contributed by atoms with Crippen molar-refractivity contribution >= 4 is 23.2 Å². The third kappa shape index (κ3) is 4.07. The average Bonchev–Trinajstić information content (AvgIpc) is 2.42. The molecule has 0 aliphatic heterocycles. The maximum atomic E-state index is 13.1. The lowest BCUT2D eigenvalue weighted by molar-refractivity contribution is -0.116. The van der Waals surface area contributed by atoms with Gasteiger partial charge in [0.15, 0.2) is 0 Å². The van der Waals surface area contributed by atoms with Crippen molar-refractivity contribution in [2.45, 2.75) is 19.8 Å². The maximum absolute atomic E-state index is 13.1. The molecule has 0 radical (unpaired) electrons. The molecule has 20 heavy (non-hydrogen) atoms. The number of amides is 1. The van der Waals surface area contributed by atoms with Crippen LogP contribution >= 0.6 is 11.6 Å². The van der Waals surface area contributed by atoms with Crippen molar-refractivity contribution in [3.05, 3.63) is 64.4 Å². The summed E-state index contributed by atoms with van der Waals surface area (Å²) < 4.78 is 13.1. The number of aryl methyl sites for hydroxylation is 2. The highest BCUT2D eigenvalue weighted by Crippen LogP contribution is 2.17. The SMILES string of the molecule is Cc1ccc(F)cc1NC(=O)CCc1ccc(Cl)cc1. The van der Waals surface area contributed by atoms with E-state index in [0.29, 0.717) is 23.6 Å². The highest BCUT2D eigenvalue weighted by molar-refractivity contribution is 6.30. The van der Waals surface area contributed by atoms with Crippen molar-refractivity contribution in [1.29, 1.82) is 0 Å². The summed E-state index contributed by atoms with van der Waals surface area (Å²) in [5, 5.41) is 3.40. The molecule has 0 aliphatic rings. The van der Waals surface area contributed by atoms with Gasteiger partial charge in [0.05, 0.1) is 0 Å². The lowest BCUT2D eigenvalue weighted by atomic mass is 10.1. The van der Waals surface area contributed by atoms with E-state index in [9.17, 15) is 9.18 Å². The van der Waals surface area contributed by atoms with Gasteiger partial charge < -0.3 is 5.32 Å². The summed E-state index contributed by atoms with van der Waals surface area (Å²) in [6, 6.07) is 11.7. The quantitative estimate of drug-likeness (QED) is 0.891. The van der Waals surface area contributed by atoms with E-state index in [1.807, 2.05) is 19.1 Å². The first kappa shape index (κ1) is 14.5. The normalized spacial score (nSPS) is 10.3. The Morgan fingerprint density at radius 1 is 1.20 bits per heavy atom. The van der Waals surface area contributed by atoms with Crippen molar-refractivity contribution in [2.24, 2.45) is 0 Å². The van der Waals surface area contributed by atoms with Gasteiger partial charge in [-0.15, -0.1) is 0 Å². The molecule has 2 aromatic rings. The predicted octanol–water partition coefficient (Wildman–Crippen LogP) is 4.36. The Morgan fingerprint density at radius 3 is 2.60 bits per heavy atom. The first-order valence-corrected chi connectivity index (χ1v) is 6.73. The summed E-state index contributed by atoms with van der Waals surface area (Å²) in [4.78, 5) is 11.9. The van der Waals surface area contributed by atoms with Gasteiger partial charge in [-0.2, -0.15) is 0 Å². The fraction of sp³-hybridized carbons (Fsp3) is 0.188. The molecule has 0 bridgehead atoms. The number of rotatable bonds is 4. The number of benzene rings is 2. The first-order chi connectivity index (χ1) is 9.54. The highest BCUT2D eigenvalue weighted by Gasteiger charge is 2.06. The monoisotopic (exact) mass is 291 g/mol. The Bertz CT molecular complexity index is 610. The van der Waals surface area contributed by atoms with Gasteiger partial charge >= 0.3 is 0 Å². The predicted molar refractivity (Wildman–Crippen MR) is 79.5 cm³/mol. The van der Waals surface area contributed by atoms with Crippen molar-refractivity contribution in [3.63, 3.8) is 0 Å². The molecular formula is C16H15ClFNO. The summed E-state index contributed by atoms with van der Waals surface area (Å²) in [7, 11) is 0. The van der Waals surface area contributed by atoms with Crippen LogP contribution in [0.3, 0.4) is 0 Å². The Morgan fingerprint density at radius 2 is 1.90 bits per heavy atom. The van der Waals surface area contributed by atoms with Crippen LogP contribution in [0.5, 0.6) is 0 Å². The number of anilines is 1. The molecular weight excluding hydrogens is 277 g/mol. The summed E-state index contributed by atoms with van der Waals surface area (Å²) >= 11 is 5.80. The van der Waals surface area contributed by atoms with Crippen LogP contribution in [-0.4, -0.2) is 5.91 Å². The van der Waals surface area contributed by atoms with Crippen LogP contribution in [0.4, 0.5) is 10.1 Å². The van der Waals surface area contributed by atoms with Gasteiger partial charge in [-0.1, -0.05) is 29.8 Å². The third-order valence-corrected chi connectivity index (χ3v) is 3.28. The van der Waals surface area contributed by atoms with E-state index in [4.69, 9.17) is 11.6 Å². The van der Waals surface area contributed by atoms with Crippen LogP contribution in [0.2, 0.25) is 5.02 Å². The van der Waals surface area contributed by atoms with Crippen molar-refractivity contribution in [3.8, 4) is 0 Å². The second-order valence-electron chi connectivity index (χ2n) is 4.63. The molecule has 104 valence electrons. The molecule has 4 heteroatoms. The fourth-order valence-electron chi connectivity index (χ4n) is 1.85. The van der Waals surface area contributed by atoms with Gasteiger partial charge in [0.2, 0.25) is 5.91 Å². The minimum Gasteiger partial charge on any atom is -0.326 e. The Labute approximate surface area is 122 Å². The maximum Gasteiger partial charge on any atom is 0.224 e. The smallest absolute Gasteiger partial charge is 0.224 e. The van der Waals surface area contributed by atoms with Crippen LogP contribution in [-0.2, 0) is 11.2 Å². The zero-order valence-electron chi connectivity index (χ0n) is 11.1. The summed E-state index contributed by atoms with van der Waals surface area (Å²) in [6.07, 6.45) is 0.967. The van der Waals surface area contributed by atoms with Crippen LogP contribution in [0.15, 0.2) is 42.5 Å². The average molecular weight is 292 g/mol.